The first kappa shape index (κ1) is 20.2. The van der Waals surface area contributed by atoms with E-state index in [1.54, 1.807) is 56.5 Å². The van der Waals surface area contributed by atoms with Crippen molar-refractivity contribution in [1.82, 2.24) is 10.5 Å². The summed E-state index contributed by atoms with van der Waals surface area (Å²) in [5.74, 6) is 0.600. The fourth-order valence-corrected chi connectivity index (χ4v) is 3.15. The van der Waals surface area contributed by atoms with Crippen molar-refractivity contribution in [2.45, 2.75) is 13.0 Å². The Labute approximate surface area is 179 Å². The fraction of sp³-hybridized carbons (Fsp3) is 0.125. The number of hydrogen-bond donors (Lipinski definition) is 2. The minimum absolute atomic E-state index is 0.324. The molecule has 0 radical (unpaired) electrons. The lowest BCUT2D eigenvalue weighted by atomic mass is 10.1. The molecule has 2 N–H and O–H groups in total. The van der Waals surface area contributed by atoms with Crippen LogP contribution in [-0.4, -0.2) is 30.1 Å². The van der Waals surface area contributed by atoms with E-state index in [1.807, 2.05) is 30.3 Å². The number of aromatic nitrogens is 1. The summed E-state index contributed by atoms with van der Waals surface area (Å²) in [5.41, 5.74) is 2.55. The van der Waals surface area contributed by atoms with Crippen LogP contribution in [0.4, 0.5) is 5.69 Å². The van der Waals surface area contributed by atoms with E-state index in [2.05, 4.69) is 15.8 Å². The van der Waals surface area contributed by atoms with Crippen LogP contribution in [0.15, 0.2) is 77.3 Å². The normalized spacial score (nSPS) is 11.7. The summed E-state index contributed by atoms with van der Waals surface area (Å²) in [6.45, 7) is 1.63. The lowest BCUT2D eigenvalue weighted by Crippen LogP contribution is -2.41. The SMILES string of the molecule is COc1ccc(NC(=O)C(C)NC(=O)c2ccc3noc(-c4ccccc4)c3c2)cc1. The molecule has 7 nitrogen and oxygen atoms in total. The Kier molecular flexibility index (Phi) is 5.66. The average Bonchev–Trinajstić information content (AvgIpc) is 3.23. The maximum Gasteiger partial charge on any atom is 0.251 e. The molecule has 4 rings (SSSR count). The van der Waals surface area contributed by atoms with Gasteiger partial charge >= 0.3 is 0 Å². The second-order valence-electron chi connectivity index (χ2n) is 7.02. The van der Waals surface area contributed by atoms with Crippen LogP contribution in [-0.2, 0) is 4.79 Å². The second kappa shape index (κ2) is 8.71. The van der Waals surface area contributed by atoms with Gasteiger partial charge in [0.2, 0.25) is 5.91 Å². The molecule has 0 aliphatic carbocycles. The molecule has 1 heterocycles. The molecule has 2 amide bonds. The third kappa shape index (κ3) is 4.40. The lowest BCUT2D eigenvalue weighted by molar-refractivity contribution is -0.117. The zero-order valence-electron chi connectivity index (χ0n) is 17.1. The number of amides is 2. The van der Waals surface area contributed by atoms with E-state index in [1.165, 1.54) is 0 Å². The highest BCUT2D eigenvalue weighted by atomic mass is 16.5. The van der Waals surface area contributed by atoms with Crippen LogP contribution in [0.3, 0.4) is 0 Å². The summed E-state index contributed by atoms with van der Waals surface area (Å²) in [7, 11) is 1.57. The summed E-state index contributed by atoms with van der Waals surface area (Å²) >= 11 is 0. The molecule has 0 saturated heterocycles. The third-order valence-electron chi connectivity index (χ3n) is 4.87. The molecular formula is C24H21N3O4. The molecule has 156 valence electrons. The van der Waals surface area contributed by atoms with Gasteiger partial charge in [0.05, 0.1) is 12.5 Å². The van der Waals surface area contributed by atoms with Crippen molar-refractivity contribution in [3.05, 3.63) is 78.4 Å². The van der Waals surface area contributed by atoms with Crippen LogP contribution in [0.1, 0.15) is 17.3 Å². The van der Waals surface area contributed by atoms with Crippen LogP contribution in [0.2, 0.25) is 0 Å². The largest absolute Gasteiger partial charge is 0.497 e. The van der Waals surface area contributed by atoms with E-state index in [9.17, 15) is 9.59 Å². The summed E-state index contributed by atoms with van der Waals surface area (Å²) < 4.78 is 10.6. The molecule has 0 saturated carbocycles. The maximum absolute atomic E-state index is 12.8. The number of hydrogen-bond acceptors (Lipinski definition) is 5. The number of carbonyl (C=O) groups is 2. The van der Waals surface area contributed by atoms with E-state index < -0.39 is 6.04 Å². The van der Waals surface area contributed by atoms with Gasteiger partial charge in [-0.1, -0.05) is 35.5 Å². The van der Waals surface area contributed by atoms with Gasteiger partial charge in [0.15, 0.2) is 5.76 Å². The van der Waals surface area contributed by atoms with Crippen molar-refractivity contribution in [2.24, 2.45) is 0 Å². The quantitative estimate of drug-likeness (QED) is 0.491. The van der Waals surface area contributed by atoms with Gasteiger partial charge in [0, 0.05) is 16.8 Å². The van der Waals surface area contributed by atoms with Crippen LogP contribution >= 0.6 is 0 Å². The van der Waals surface area contributed by atoms with Gasteiger partial charge in [-0.25, -0.2) is 0 Å². The molecule has 1 atom stereocenters. The number of ether oxygens (including phenoxy) is 1. The van der Waals surface area contributed by atoms with Crippen molar-refractivity contribution < 1.29 is 18.8 Å². The van der Waals surface area contributed by atoms with E-state index in [0.717, 1.165) is 10.9 Å². The first-order chi connectivity index (χ1) is 15.0. The van der Waals surface area contributed by atoms with Gasteiger partial charge in [-0.15, -0.1) is 0 Å². The van der Waals surface area contributed by atoms with E-state index in [0.29, 0.717) is 28.3 Å². The first-order valence-electron chi connectivity index (χ1n) is 9.76. The van der Waals surface area contributed by atoms with Gasteiger partial charge in [-0.05, 0) is 49.4 Å². The maximum atomic E-state index is 12.8. The van der Waals surface area contributed by atoms with Crippen molar-refractivity contribution in [3.8, 4) is 17.1 Å². The molecule has 3 aromatic carbocycles. The highest BCUT2D eigenvalue weighted by molar-refractivity contribution is 6.04. The summed E-state index contributed by atoms with van der Waals surface area (Å²) in [5, 5.41) is 10.3. The predicted molar refractivity (Wildman–Crippen MR) is 118 cm³/mol. The molecular weight excluding hydrogens is 394 g/mol. The van der Waals surface area contributed by atoms with Crippen LogP contribution in [0, 0.1) is 0 Å². The van der Waals surface area contributed by atoms with Gasteiger partial charge < -0.3 is 19.9 Å². The second-order valence-corrected chi connectivity index (χ2v) is 7.02. The Morgan fingerprint density at radius 2 is 1.74 bits per heavy atom. The number of benzene rings is 3. The zero-order chi connectivity index (χ0) is 21.8. The van der Waals surface area contributed by atoms with Crippen molar-refractivity contribution in [2.75, 3.05) is 12.4 Å². The Hall–Kier alpha value is -4.13. The van der Waals surface area contributed by atoms with Crippen molar-refractivity contribution in [1.29, 1.82) is 0 Å². The molecule has 7 heteroatoms. The highest BCUT2D eigenvalue weighted by Crippen LogP contribution is 2.29. The van der Waals surface area contributed by atoms with E-state index >= 15 is 0 Å². The number of anilines is 1. The Morgan fingerprint density at radius 1 is 1.00 bits per heavy atom. The fourth-order valence-electron chi connectivity index (χ4n) is 3.15. The van der Waals surface area contributed by atoms with E-state index in [4.69, 9.17) is 9.26 Å². The minimum atomic E-state index is -0.735. The monoisotopic (exact) mass is 415 g/mol. The number of nitrogens with one attached hydrogen (secondary N) is 2. The third-order valence-corrected chi connectivity index (χ3v) is 4.87. The van der Waals surface area contributed by atoms with Gasteiger partial charge in [-0.3, -0.25) is 9.59 Å². The predicted octanol–water partition coefficient (Wildman–Crippen LogP) is 4.26. The molecule has 0 aliphatic heterocycles. The molecule has 4 aromatic rings. The number of fused-ring (bicyclic) bond motifs is 1. The standard InChI is InChI=1S/C24H21N3O4/c1-15(23(28)26-18-9-11-19(30-2)12-10-18)25-24(29)17-8-13-21-20(14-17)22(31-27-21)16-6-4-3-5-7-16/h3-15H,1-2H3,(H,25,29)(H,26,28). The van der Waals surface area contributed by atoms with Crippen molar-refractivity contribution in [3.63, 3.8) is 0 Å². The molecule has 1 aromatic heterocycles. The van der Waals surface area contributed by atoms with Gasteiger partial charge in [0.25, 0.3) is 5.91 Å². The molecule has 0 fully saturated rings. The number of rotatable bonds is 6. The summed E-state index contributed by atoms with van der Waals surface area (Å²) in [4.78, 5) is 25.2. The zero-order valence-corrected chi connectivity index (χ0v) is 17.1. The van der Waals surface area contributed by atoms with Crippen LogP contribution < -0.4 is 15.4 Å². The molecule has 31 heavy (non-hydrogen) atoms. The van der Waals surface area contributed by atoms with Crippen LogP contribution in [0.5, 0.6) is 5.75 Å². The topological polar surface area (TPSA) is 93.5 Å². The number of carbonyl (C=O) groups excluding carboxylic acids is 2. The van der Waals surface area contributed by atoms with Gasteiger partial charge in [0.1, 0.15) is 17.3 Å². The van der Waals surface area contributed by atoms with Crippen molar-refractivity contribution >= 4 is 28.4 Å². The van der Waals surface area contributed by atoms with Gasteiger partial charge in [-0.2, -0.15) is 0 Å². The minimum Gasteiger partial charge on any atom is -0.497 e. The molecule has 0 spiro atoms. The smallest absolute Gasteiger partial charge is 0.251 e. The lowest BCUT2D eigenvalue weighted by Gasteiger charge is -2.14. The highest BCUT2D eigenvalue weighted by Gasteiger charge is 2.19. The first-order valence-corrected chi connectivity index (χ1v) is 9.76. The molecule has 0 bridgehead atoms. The average molecular weight is 415 g/mol. The number of nitrogens with zero attached hydrogens (tertiary/aromatic N) is 1. The van der Waals surface area contributed by atoms with E-state index in [-0.39, 0.29) is 11.8 Å². The number of methoxy groups -OCH3 is 1. The Morgan fingerprint density at radius 3 is 2.45 bits per heavy atom. The summed E-state index contributed by atoms with van der Waals surface area (Å²) in [6, 6.07) is 20.9. The Balaban J connectivity index is 1.47. The Bertz CT molecular complexity index is 1220. The molecule has 0 aliphatic rings. The summed E-state index contributed by atoms with van der Waals surface area (Å²) in [6.07, 6.45) is 0. The molecule has 1 unspecified atom stereocenters. The van der Waals surface area contributed by atoms with Crippen LogP contribution in [0.25, 0.3) is 22.2 Å².